The molecule has 3 aromatic heterocycles. The topological polar surface area (TPSA) is 113 Å². The Hall–Kier alpha value is -3.15. The molecule has 4 aromatic rings. The number of hydrogen-bond donors (Lipinski definition) is 1. The van der Waals surface area contributed by atoms with Gasteiger partial charge in [-0.15, -0.1) is 11.3 Å². The molecule has 0 fully saturated rings. The van der Waals surface area contributed by atoms with E-state index in [0.29, 0.717) is 44.3 Å². The average molecular weight is 509 g/mol. The van der Waals surface area contributed by atoms with E-state index >= 15 is 0 Å². The van der Waals surface area contributed by atoms with Crippen LogP contribution < -0.4 is 21.3 Å². The minimum atomic E-state index is -0.529. The van der Waals surface area contributed by atoms with Gasteiger partial charge in [-0.05, 0) is 19.1 Å². The first-order valence-electron chi connectivity index (χ1n) is 9.70. The Morgan fingerprint density at radius 1 is 1.18 bits per heavy atom. The number of nitrogens with one attached hydrogen (secondary N) is 1. The van der Waals surface area contributed by atoms with Gasteiger partial charge in [0.05, 0.1) is 34.1 Å². The van der Waals surface area contributed by atoms with Gasteiger partial charge in [0, 0.05) is 25.0 Å². The van der Waals surface area contributed by atoms with E-state index in [9.17, 15) is 14.4 Å². The van der Waals surface area contributed by atoms with Crippen LogP contribution in [0.2, 0.25) is 10.0 Å². The molecular weight excluding hydrogens is 491 g/mol. The molecule has 33 heavy (non-hydrogen) atoms. The molecule has 0 aliphatic heterocycles. The first-order valence-corrected chi connectivity index (χ1v) is 11.3. The van der Waals surface area contributed by atoms with Crippen LogP contribution in [0.5, 0.6) is 5.75 Å². The number of fused-ring (bicyclic) bond motifs is 1. The Morgan fingerprint density at radius 3 is 2.55 bits per heavy atom. The summed E-state index contributed by atoms with van der Waals surface area (Å²) in [5.74, 6) is -0.0250. The highest BCUT2D eigenvalue weighted by atomic mass is 35.5. The Labute approximate surface area is 200 Å². The van der Waals surface area contributed by atoms with Gasteiger partial charge < -0.3 is 10.1 Å². The van der Waals surface area contributed by atoms with Gasteiger partial charge in [-0.1, -0.05) is 23.2 Å². The monoisotopic (exact) mass is 508 g/mol. The third-order valence-electron chi connectivity index (χ3n) is 4.89. The van der Waals surface area contributed by atoms with Crippen LogP contribution in [0.15, 0.2) is 33.3 Å². The molecule has 4 rings (SSSR count). The SMILES string of the molecule is CCOc1c(Cl)cc(-c2csc(NC(=O)Cn3ncc4c3c(=O)n(C)c(=O)n4C)n2)cc1Cl. The number of benzene rings is 1. The number of ether oxygens (including phenoxy) is 1. The number of aryl methyl sites for hydroxylation is 1. The van der Waals surface area contributed by atoms with Crippen molar-refractivity contribution in [3.63, 3.8) is 0 Å². The van der Waals surface area contributed by atoms with Crippen LogP contribution in [-0.4, -0.2) is 36.4 Å². The number of carbonyl (C=O) groups excluding carboxylic acids is 1. The van der Waals surface area contributed by atoms with Crippen molar-refractivity contribution in [1.29, 1.82) is 0 Å². The molecule has 1 amide bonds. The summed E-state index contributed by atoms with van der Waals surface area (Å²) >= 11 is 13.8. The quantitative estimate of drug-likeness (QED) is 0.428. The highest BCUT2D eigenvalue weighted by molar-refractivity contribution is 7.14. The first-order chi connectivity index (χ1) is 15.7. The maximum atomic E-state index is 12.6. The molecule has 10 nitrogen and oxygen atoms in total. The summed E-state index contributed by atoms with van der Waals surface area (Å²) < 4.78 is 8.97. The van der Waals surface area contributed by atoms with E-state index in [1.807, 2.05) is 6.92 Å². The summed E-state index contributed by atoms with van der Waals surface area (Å²) in [5.41, 5.74) is 0.758. The van der Waals surface area contributed by atoms with Crippen LogP contribution in [0.25, 0.3) is 22.3 Å². The van der Waals surface area contributed by atoms with E-state index in [4.69, 9.17) is 27.9 Å². The maximum absolute atomic E-state index is 12.6. The fraction of sp³-hybridized carbons (Fsp3) is 0.250. The van der Waals surface area contributed by atoms with Gasteiger partial charge in [0.2, 0.25) is 5.91 Å². The standard InChI is InChI=1S/C20H18Cl2N6O4S/c1-4-32-17-11(21)5-10(6-12(17)22)13-9-33-19(24-13)25-15(29)8-28-16-14(7-23-28)26(2)20(31)27(3)18(16)30/h5-7,9H,4,8H2,1-3H3,(H,24,25,29). The maximum Gasteiger partial charge on any atom is 0.331 e. The minimum absolute atomic E-state index is 0.160. The average Bonchev–Trinajstić information content (AvgIpc) is 3.40. The Bertz CT molecular complexity index is 1480. The lowest BCUT2D eigenvalue weighted by Crippen LogP contribution is -2.37. The molecule has 1 aromatic carbocycles. The van der Waals surface area contributed by atoms with Crippen LogP contribution in [0.1, 0.15) is 6.92 Å². The molecule has 0 unspecified atom stereocenters. The fourth-order valence-electron chi connectivity index (χ4n) is 3.28. The molecule has 0 radical (unpaired) electrons. The van der Waals surface area contributed by atoms with Crippen LogP contribution in [-0.2, 0) is 25.4 Å². The summed E-state index contributed by atoms with van der Waals surface area (Å²) in [6, 6.07) is 3.38. The summed E-state index contributed by atoms with van der Waals surface area (Å²) in [4.78, 5) is 41.6. The summed E-state index contributed by atoms with van der Waals surface area (Å²) in [6.45, 7) is 2.03. The largest absolute Gasteiger partial charge is 0.491 e. The van der Waals surface area contributed by atoms with Crippen LogP contribution in [0.3, 0.4) is 0 Å². The van der Waals surface area contributed by atoms with Crippen molar-refractivity contribution < 1.29 is 9.53 Å². The van der Waals surface area contributed by atoms with Crippen molar-refractivity contribution in [2.24, 2.45) is 14.1 Å². The van der Waals surface area contributed by atoms with Crippen molar-refractivity contribution >= 4 is 56.6 Å². The predicted octanol–water partition coefficient (Wildman–Crippen LogP) is 2.90. The van der Waals surface area contributed by atoms with E-state index in [-0.39, 0.29) is 12.1 Å². The Kier molecular flexibility index (Phi) is 6.28. The molecule has 0 aliphatic rings. The molecule has 1 N–H and O–H groups in total. The molecule has 0 saturated heterocycles. The van der Waals surface area contributed by atoms with Crippen molar-refractivity contribution in [3.05, 3.63) is 54.6 Å². The summed E-state index contributed by atoms with van der Waals surface area (Å²) in [6.07, 6.45) is 1.38. The van der Waals surface area contributed by atoms with Crippen molar-refractivity contribution in [2.45, 2.75) is 13.5 Å². The normalized spacial score (nSPS) is 11.2. The second-order valence-electron chi connectivity index (χ2n) is 7.03. The molecule has 0 bridgehead atoms. The molecule has 172 valence electrons. The first kappa shape index (κ1) is 23.0. The van der Waals surface area contributed by atoms with Gasteiger partial charge in [0.1, 0.15) is 6.54 Å². The van der Waals surface area contributed by atoms with Crippen LogP contribution in [0.4, 0.5) is 5.13 Å². The van der Waals surface area contributed by atoms with E-state index in [1.54, 1.807) is 17.5 Å². The predicted molar refractivity (Wildman–Crippen MR) is 128 cm³/mol. The molecule has 0 aliphatic carbocycles. The van der Waals surface area contributed by atoms with Gasteiger partial charge in [0.15, 0.2) is 16.4 Å². The molecular formula is C20H18Cl2N6O4S. The molecule has 3 heterocycles. The number of aromatic nitrogens is 5. The van der Waals surface area contributed by atoms with E-state index in [0.717, 1.165) is 4.57 Å². The number of halogens is 2. The molecule has 0 atom stereocenters. The number of rotatable bonds is 6. The fourth-order valence-corrected chi connectivity index (χ4v) is 4.62. The van der Waals surface area contributed by atoms with Crippen LogP contribution >= 0.6 is 34.5 Å². The lowest BCUT2D eigenvalue weighted by molar-refractivity contribution is -0.116. The van der Waals surface area contributed by atoms with Crippen molar-refractivity contribution in [1.82, 2.24) is 23.9 Å². The number of carbonyl (C=O) groups is 1. The molecule has 0 spiro atoms. The van der Waals surface area contributed by atoms with Gasteiger partial charge in [-0.3, -0.25) is 18.7 Å². The lowest BCUT2D eigenvalue weighted by atomic mass is 10.1. The number of amides is 1. The van der Waals surface area contributed by atoms with E-state index in [2.05, 4.69) is 15.4 Å². The van der Waals surface area contributed by atoms with Crippen molar-refractivity contribution in [3.8, 4) is 17.0 Å². The third kappa shape index (κ3) is 4.26. The molecule has 0 saturated carbocycles. The van der Waals surface area contributed by atoms with Gasteiger partial charge in [-0.2, -0.15) is 5.10 Å². The van der Waals surface area contributed by atoms with Gasteiger partial charge in [-0.25, -0.2) is 14.5 Å². The zero-order valence-corrected chi connectivity index (χ0v) is 20.1. The smallest absolute Gasteiger partial charge is 0.331 e. The van der Waals surface area contributed by atoms with Gasteiger partial charge >= 0.3 is 5.69 Å². The van der Waals surface area contributed by atoms with E-state index < -0.39 is 17.2 Å². The highest BCUT2D eigenvalue weighted by Gasteiger charge is 2.17. The minimum Gasteiger partial charge on any atom is -0.491 e. The van der Waals surface area contributed by atoms with Crippen LogP contribution in [0, 0.1) is 0 Å². The van der Waals surface area contributed by atoms with E-state index in [1.165, 1.54) is 40.9 Å². The number of hydrogen-bond acceptors (Lipinski definition) is 7. The Morgan fingerprint density at radius 2 is 1.88 bits per heavy atom. The second-order valence-corrected chi connectivity index (χ2v) is 8.70. The second kappa shape index (κ2) is 9.00. The highest BCUT2D eigenvalue weighted by Crippen LogP contribution is 2.38. The van der Waals surface area contributed by atoms with Gasteiger partial charge in [0.25, 0.3) is 5.56 Å². The Balaban J connectivity index is 1.55. The van der Waals surface area contributed by atoms with Crippen molar-refractivity contribution in [2.75, 3.05) is 11.9 Å². The molecule has 13 heteroatoms. The zero-order valence-electron chi connectivity index (χ0n) is 17.8. The summed E-state index contributed by atoms with van der Waals surface area (Å²) in [5, 5.41) is 9.63. The lowest BCUT2D eigenvalue weighted by Gasteiger charge is -2.09. The number of anilines is 1. The number of thiazole rings is 1. The summed E-state index contributed by atoms with van der Waals surface area (Å²) in [7, 11) is 2.91. The zero-order chi connectivity index (χ0) is 23.9. The third-order valence-corrected chi connectivity index (χ3v) is 6.21. The number of nitrogens with zero attached hydrogens (tertiary/aromatic N) is 5.